The molecule has 0 N–H and O–H groups in total. The summed E-state index contributed by atoms with van der Waals surface area (Å²) in [4.78, 5) is 55.7. The first-order chi connectivity index (χ1) is 32.6. The lowest BCUT2D eigenvalue weighted by atomic mass is 9.87. The maximum absolute atomic E-state index is 14.0. The van der Waals surface area contributed by atoms with E-state index in [2.05, 4.69) is 36.5 Å². The Hall–Kier alpha value is -5.76. The lowest BCUT2D eigenvalue weighted by Crippen LogP contribution is -2.30. The van der Waals surface area contributed by atoms with Crippen molar-refractivity contribution in [1.29, 1.82) is 21.0 Å². The maximum atomic E-state index is 14.0. The van der Waals surface area contributed by atoms with Crippen molar-refractivity contribution in [2.75, 3.05) is 77.9 Å². The third-order valence-corrected chi connectivity index (χ3v) is 16.3. The molecule has 350 valence electrons. The molecule has 0 amide bonds. The van der Waals surface area contributed by atoms with E-state index in [0.717, 1.165) is 94.9 Å². The number of esters is 3. The number of likely N-dealkylation sites (tertiary alicyclic amines) is 3. The number of rotatable bonds is 15. The minimum absolute atomic E-state index is 0.0119. The summed E-state index contributed by atoms with van der Waals surface area (Å²) in [5, 5.41) is 41.7. The van der Waals surface area contributed by atoms with Crippen molar-refractivity contribution in [3.05, 3.63) is 90.3 Å². The number of nitriles is 4. The quantitative estimate of drug-likeness (QED) is 0.0512. The zero-order valence-corrected chi connectivity index (χ0v) is 40.8. The van der Waals surface area contributed by atoms with Gasteiger partial charge in [0.1, 0.15) is 48.6 Å². The molecule has 0 aromatic carbocycles. The van der Waals surface area contributed by atoms with Gasteiger partial charge in [-0.3, -0.25) is 4.79 Å². The predicted octanol–water partition coefficient (Wildman–Crippen LogP) is 7.60. The minimum Gasteiger partial charge on any atom is -0.470 e. The van der Waals surface area contributed by atoms with Gasteiger partial charge in [-0.25, -0.2) is 19.3 Å². The molecule has 3 atom stereocenters. The topological polar surface area (TPSA) is 192 Å². The molecule has 0 spiro atoms. The Bertz CT molecular complexity index is 2160. The first-order valence-corrected chi connectivity index (χ1v) is 26.5. The van der Waals surface area contributed by atoms with E-state index in [1.807, 2.05) is 30.9 Å². The van der Waals surface area contributed by atoms with Gasteiger partial charge in [0.25, 0.3) is 5.70 Å². The Morgan fingerprint density at radius 2 is 0.940 bits per heavy atom. The van der Waals surface area contributed by atoms with Crippen molar-refractivity contribution in [2.45, 2.75) is 92.8 Å². The van der Waals surface area contributed by atoms with Crippen LogP contribution in [0.2, 0.25) is 0 Å². The van der Waals surface area contributed by atoms with E-state index in [4.69, 9.17) is 27.4 Å². The van der Waals surface area contributed by atoms with E-state index in [9.17, 15) is 35.4 Å². The third-order valence-electron chi connectivity index (χ3n) is 13.3. The molecule has 18 heteroatoms. The van der Waals surface area contributed by atoms with E-state index < -0.39 is 43.6 Å². The van der Waals surface area contributed by atoms with Crippen molar-refractivity contribution in [2.24, 2.45) is 5.92 Å². The Morgan fingerprint density at radius 1 is 0.582 bits per heavy atom. The van der Waals surface area contributed by atoms with Crippen molar-refractivity contribution in [3.63, 3.8) is 0 Å². The van der Waals surface area contributed by atoms with Gasteiger partial charge in [0, 0.05) is 85.0 Å². The number of allylic oxidation sites excluding steroid dienone is 8. The second-order valence-corrected chi connectivity index (χ2v) is 20.6. The summed E-state index contributed by atoms with van der Waals surface area (Å²) in [5.74, 6) is -4.07. The van der Waals surface area contributed by atoms with Gasteiger partial charge in [0.05, 0.1) is 36.8 Å². The molecule has 6 aliphatic rings. The third kappa shape index (κ3) is 11.7. The van der Waals surface area contributed by atoms with Crippen LogP contribution in [0.4, 0.5) is 0 Å². The van der Waals surface area contributed by atoms with Crippen LogP contribution in [-0.2, 0) is 28.6 Å². The van der Waals surface area contributed by atoms with Crippen molar-refractivity contribution in [1.82, 2.24) is 14.7 Å². The molecular formula is C49H55N9O6S3. The molecule has 3 aliphatic carbocycles. The number of carbonyl (C=O) groups excluding carboxylic acids is 3. The average Bonchev–Trinajstić information content (AvgIpc) is 4.20. The van der Waals surface area contributed by atoms with Gasteiger partial charge in [0.15, 0.2) is 5.70 Å². The van der Waals surface area contributed by atoms with Gasteiger partial charge in [-0.15, -0.1) is 0 Å². The van der Waals surface area contributed by atoms with Crippen LogP contribution in [0.3, 0.4) is 0 Å². The van der Waals surface area contributed by atoms with Gasteiger partial charge in [0.2, 0.25) is 0 Å². The molecule has 6 rings (SSSR count). The lowest BCUT2D eigenvalue weighted by molar-refractivity contribution is -0.148. The van der Waals surface area contributed by atoms with Crippen LogP contribution in [0.1, 0.15) is 77.0 Å². The summed E-state index contributed by atoms with van der Waals surface area (Å²) < 4.78 is 17.3. The monoisotopic (exact) mass is 961 g/mol. The Labute approximate surface area is 406 Å². The molecule has 0 radical (unpaired) electrons. The van der Waals surface area contributed by atoms with Crippen LogP contribution in [0.15, 0.2) is 67.5 Å². The van der Waals surface area contributed by atoms with E-state index >= 15 is 0 Å². The molecule has 3 saturated heterocycles. The molecular weight excluding hydrogens is 907 g/mol. The van der Waals surface area contributed by atoms with E-state index in [-0.39, 0.29) is 49.4 Å². The normalized spacial score (nSPS) is 24.7. The van der Waals surface area contributed by atoms with Gasteiger partial charge in [-0.1, -0.05) is 0 Å². The highest BCUT2D eigenvalue weighted by atomic mass is 32.2. The number of ether oxygens (including phenoxy) is 3. The minimum atomic E-state index is -1.06. The molecule has 3 fully saturated rings. The Kier molecular flexibility index (Phi) is 18.4. The first kappa shape index (κ1) is 50.6. The largest absolute Gasteiger partial charge is 0.470 e. The number of carbonyl (C=O) groups is 3. The molecule has 67 heavy (non-hydrogen) atoms. The van der Waals surface area contributed by atoms with Crippen molar-refractivity contribution >= 4 is 53.2 Å². The number of nitrogens with zero attached hydrogens (tertiary/aromatic N) is 9. The molecule has 0 bridgehead atoms. The fraction of sp³-hybridized carbons (Fsp3) is 0.571. The molecule has 0 aromatic heterocycles. The van der Waals surface area contributed by atoms with Crippen molar-refractivity contribution < 1.29 is 28.6 Å². The van der Waals surface area contributed by atoms with Crippen LogP contribution >= 0.6 is 35.3 Å². The summed E-state index contributed by atoms with van der Waals surface area (Å²) >= 11 is 4.77. The summed E-state index contributed by atoms with van der Waals surface area (Å²) in [7, 11) is 0. The summed E-state index contributed by atoms with van der Waals surface area (Å²) in [6.07, 6.45) is 14.5. The number of hydrogen-bond donors (Lipinski definition) is 0. The highest BCUT2D eigenvalue weighted by Crippen LogP contribution is 2.42. The van der Waals surface area contributed by atoms with E-state index in [1.165, 1.54) is 0 Å². The van der Waals surface area contributed by atoms with Gasteiger partial charge in [-0.05, 0) is 99.7 Å². The maximum Gasteiger partial charge on any atom is 0.349 e. The van der Waals surface area contributed by atoms with Gasteiger partial charge >= 0.3 is 17.9 Å². The first-order valence-electron chi connectivity index (χ1n) is 22.7. The molecule has 0 aromatic rings. The number of thioether (sulfide) groups is 3. The smallest absolute Gasteiger partial charge is 0.349 e. The second kappa shape index (κ2) is 24.3. The van der Waals surface area contributed by atoms with Crippen LogP contribution < -0.4 is 0 Å². The van der Waals surface area contributed by atoms with E-state index in [1.54, 1.807) is 35.3 Å². The SMILES string of the molecule is [C-]#[N+]C1=C(N2CCCC2)CC(SC)C/C1=C(/[N+]#[C-])C(=O)OCC(COC(=O)/C(C#N)=C1\CC(SC)CC(N2CCCC2)=C1C#N)COC(=O)/C(C#N)=C1\CC(SC)CC(N2CCCC2)=C1C#N. The van der Waals surface area contributed by atoms with Gasteiger partial charge < -0.3 is 28.9 Å². The fourth-order valence-electron chi connectivity index (χ4n) is 9.69. The fourth-order valence-corrected chi connectivity index (χ4v) is 11.7. The Morgan fingerprint density at radius 3 is 1.28 bits per heavy atom. The zero-order valence-electron chi connectivity index (χ0n) is 38.4. The van der Waals surface area contributed by atoms with Crippen LogP contribution in [0.5, 0.6) is 0 Å². The highest BCUT2D eigenvalue weighted by molar-refractivity contribution is 7.99. The molecule has 3 aliphatic heterocycles. The molecule has 3 unspecified atom stereocenters. The van der Waals surface area contributed by atoms with Crippen LogP contribution in [-0.4, -0.2) is 126 Å². The van der Waals surface area contributed by atoms with E-state index in [0.29, 0.717) is 55.2 Å². The Balaban J connectivity index is 1.30. The zero-order chi connectivity index (χ0) is 48.0. The summed E-state index contributed by atoms with van der Waals surface area (Å²) in [6.45, 7) is 19.3. The standard InChI is InChI=1S/C49H55N9O6S3/c1-54-45-37(20-34(67-5)23-44(45)58-16-10-11-17-58)46(55-2)49(61)64-30-31(28-62-47(59)40(26-52)35-18-32(65-3)21-42(38(35)24-50)56-12-6-7-13-56)29-63-48(60)41(27-53)36-19-33(66-4)22-43(39(36)25-51)57-14-8-9-15-57/h31-34H,6-23,28-30H2,3-5H3/b40-35+,41-36+,46-37-. The highest BCUT2D eigenvalue weighted by Gasteiger charge is 2.37. The predicted molar refractivity (Wildman–Crippen MR) is 256 cm³/mol. The molecule has 3 heterocycles. The molecule has 15 nitrogen and oxygen atoms in total. The van der Waals surface area contributed by atoms with Crippen molar-refractivity contribution in [3.8, 4) is 24.3 Å². The summed E-state index contributed by atoms with van der Waals surface area (Å²) in [5.41, 5.74) is 3.20. The van der Waals surface area contributed by atoms with Crippen LogP contribution in [0, 0.1) is 64.4 Å². The lowest BCUT2D eigenvalue weighted by Gasteiger charge is -2.32. The van der Waals surface area contributed by atoms with Crippen LogP contribution in [0.25, 0.3) is 9.69 Å². The van der Waals surface area contributed by atoms with Gasteiger partial charge in [-0.2, -0.15) is 56.3 Å². The summed E-state index contributed by atoms with van der Waals surface area (Å²) in [6, 6.07) is 8.50. The average molecular weight is 962 g/mol. The number of hydrogen-bond acceptors (Lipinski definition) is 16. The molecule has 0 saturated carbocycles. The second-order valence-electron chi connectivity index (χ2n) is 17.2.